The van der Waals surface area contributed by atoms with Crippen molar-refractivity contribution in [1.82, 2.24) is 0 Å². The fraction of sp³-hybridized carbons (Fsp3) is 0.538. The third kappa shape index (κ3) is 4.42. The van der Waals surface area contributed by atoms with E-state index < -0.39 is 12.4 Å². The summed E-state index contributed by atoms with van der Waals surface area (Å²) in [7, 11) is 0. The normalized spacial score (nSPS) is 13.0. The number of rotatable bonds is 7. The molecule has 17 heavy (non-hydrogen) atoms. The van der Waals surface area contributed by atoms with Gasteiger partial charge in [-0.15, -0.1) is 0 Å². The lowest BCUT2D eigenvalue weighted by molar-refractivity contribution is -0.188. The standard InChI is InChI=1S/C13H19FO3/c1-3-16-13(17-4-2)12(15)9-10-7-5-6-8-11(10)14/h5-8,12-13,15H,3-4,9H2,1-2H3. The minimum atomic E-state index is -0.869. The fourth-order valence-electron chi connectivity index (χ4n) is 1.58. The topological polar surface area (TPSA) is 38.7 Å². The van der Waals surface area contributed by atoms with Crippen molar-refractivity contribution < 1.29 is 19.0 Å². The Morgan fingerprint density at radius 1 is 1.18 bits per heavy atom. The SMILES string of the molecule is CCOC(OCC)C(O)Cc1ccccc1F. The Balaban J connectivity index is 2.62. The quantitative estimate of drug-likeness (QED) is 0.744. The molecule has 0 spiro atoms. The van der Waals surface area contributed by atoms with Gasteiger partial charge in [-0.25, -0.2) is 4.39 Å². The molecule has 0 saturated carbocycles. The van der Waals surface area contributed by atoms with Gasteiger partial charge in [-0.2, -0.15) is 0 Å². The Kier molecular flexibility index (Phi) is 6.11. The van der Waals surface area contributed by atoms with Crippen molar-refractivity contribution in [2.45, 2.75) is 32.7 Å². The zero-order chi connectivity index (χ0) is 12.7. The highest BCUT2D eigenvalue weighted by Crippen LogP contribution is 2.13. The van der Waals surface area contributed by atoms with E-state index in [4.69, 9.17) is 9.47 Å². The Morgan fingerprint density at radius 3 is 2.29 bits per heavy atom. The number of ether oxygens (including phenoxy) is 2. The molecule has 0 bridgehead atoms. The molecule has 96 valence electrons. The summed E-state index contributed by atoms with van der Waals surface area (Å²) in [6.45, 7) is 4.53. The van der Waals surface area contributed by atoms with E-state index in [1.807, 2.05) is 13.8 Å². The molecule has 3 nitrogen and oxygen atoms in total. The van der Waals surface area contributed by atoms with Crippen LogP contribution in [0.1, 0.15) is 19.4 Å². The predicted octanol–water partition coefficient (Wildman–Crippen LogP) is 2.13. The van der Waals surface area contributed by atoms with Crippen LogP contribution in [0.2, 0.25) is 0 Å². The van der Waals surface area contributed by atoms with Crippen molar-refractivity contribution in [1.29, 1.82) is 0 Å². The van der Waals surface area contributed by atoms with Gasteiger partial charge in [0.25, 0.3) is 0 Å². The van der Waals surface area contributed by atoms with Crippen LogP contribution in [0.5, 0.6) is 0 Å². The molecule has 4 heteroatoms. The maximum Gasteiger partial charge on any atom is 0.183 e. The van der Waals surface area contributed by atoms with Gasteiger partial charge in [0.05, 0.1) is 0 Å². The zero-order valence-corrected chi connectivity index (χ0v) is 10.2. The second kappa shape index (κ2) is 7.37. The molecule has 0 aliphatic carbocycles. The lowest BCUT2D eigenvalue weighted by atomic mass is 10.1. The van der Waals surface area contributed by atoms with Crippen molar-refractivity contribution in [3.05, 3.63) is 35.6 Å². The Bertz CT molecular complexity index is 324. The average Bonchev–Trinajstić information content (AvgIpc) is 2.32. The summed E-state index contributed by atoms with van der Waals surface area (Å²) < 4.78 is 23.9. The van der Waals surface area contributed by atoms with E-state index in [0.29, 0.717) is 18.8 Å². The van der Waals surface area contributed by atoms with Gasteiger partial charge < -0.3 is 14.6 Å². The Hall–Kier alpha value is -0.970. The maximum absolute atomic E-state index is 13.4. The van der Waals surface area contributed by atoms with Gasteiger partial charge in [0.1, 0.15) is 11.9 Å². The third-order valence-corrected chi connectivity index (χ3v) is 2.36. The summed E-state index contributed by atoms with van der Waals surface area (Å²) in [4.78, 5) is 0. The van der Waals surface area contributed by atoms with Gasteiger partial charge >= 0.3 is 0 Å². The first-order valence-electron chi connectivity index (χ1n) is 5.83. The van der Waals surface area contributed by atoms with Crippen LogP contribution >= 0.6 is 0 Å². The fourth-order valence-corrected chi connectivity index (χ4v) is 1.58. The van der Waals surface area contributed by atoms with Crippen molar-refractivity contribution in [3.8, 4) is 0 Å². The summed E-state index contributed by atoms with van der Waals surface area (Å²) >= 11 is 0. The lowest BCUT2D eigenvalue weighted by Gasteiger charge is -2.22. The largest absolute Gasteiger partial charge is 0.387 e. The van der Waals surface area contributed by atoms with Crippen LogP contribution in [0, 0.1) is 5.82 Å². The van der Waals surface area contributed by atoms with E-state index in [9.17, 15) is 9.50 Å². The van der Waals surface area contributed by atoms with E-state index in [-0.39, 0.29) is 12.2 Å². The minimum absolute atomic E-state index is 0.178. The summed E-state index contributed by atoms with van der Waals surface area (Å²) in [5.41, 5.74) is 0.462. The summed E-state index contributed by atoms with van der Waals surface area (Å²) in [5.74, 6) is -0.321. The molecule has 1 N–H and O–H groups in total. The predicted molar refractivity (Wildman–Crippen MR) is 63.2 cm³/mol. The van der Waals surface area contributed by atoms with Crippen LogP contribution in [0.15, 0.2) is 24.3 Å². The Labute approximate surface area is 101 Å². The van der Waals surface area contributed by atoms with Crippen LogP contribution in [-0.4, -0.2) is 30.7 Å². The number of halogens is 1. The first-order chi connectivity index (χ1) is 8.19. The minimum Gasteiger partial charge on any atom is -0.387 e. The average molecular weight is 242 g/mol. The molecule has 0 aliphatic rings. The molecule has 0 saturated heterocycles. The summed E-state index contributed by atoms with van der Waals surface area (Å²) in [6, 6.07) is 6.38. The number of benzene rings is 1. The third-order valence-electron chi connectivity index (χ3n) is 2.36. The van der Waals surface area contributed by atoms with Crippen molar-refractivity contribution >= 4 is 0 Å². The molecule has 1 aromatic carbocycles. The molecule has 0 radical (unpaired) electrons. The van der Waals surface area contributed by atoms with Crippen LogP contribution in [-0.2, 0) is 15.9 Å². The molecule has 1 rings (SSSR count). The van der Waals surface area contributed by atoms with Crippen LogP contribution in [0.25, 0.3) is 0 Å². The summed E-state index contributed by atoms with van der Waals surface area (Å²) in [5, 5.41) is 9.93. The van der Waals surface area contributed by atoms with E-state index in [1.165, 1.54) is 6.07 Å². The van der Waals surface area contributed by atoms with Gasteiger partial charge in [0.15, 0.2) is 6.29 Å². The van der Waals surface area contributed by atoms with E-state index in [1.54, 1.807) is 18.2 Å². The highest BCUT2D eigenvalue weighted by molar-refractivity contribution is 5.18. The molecule has 1 atom stereocenters. The van der Waals surface area contributed by atoms with Crippen molar-refractivity contribution in [2.24, 2.45) is 0 Å². The molecular formula is C13H19FO3. The van der Waals surface area contributed by atoms with Gasteiger partial charge in [0.2, 0.25) is 0 Å². The van der Waals surface area contributed by atoms with Crippen molar-refractivity contribution in [2.75, 3.05) is 13.2 Å². The van der Waals surface area contributed by atoms with E-state index in [0.717, 1.165) is 0 Å². The number of aliphatic hydroxyl groups is 1. The molecule has 1 unspecified atom stereocenters. The number of hydrogen-bond acceptors (Lipinski definition) is 3. The van der Waals surface area contributed by atoms with Gasteiger partial charge in [0, 0.05) is 19.6 Å². The molecular weight excluding hydrogens is 223 g/mol. The molecule has 0 aliphatic heterocycles. The van der Waals surface area contributed by atoms with E-state index >= 15 is 0 Å². The smallest absolute Gasteiger partial charge is 0.183 e. The Morgan fingerprint density at radius 2 is 1.76 bits per heavy atom. The first kappa shape index (κ1) is 14.1. The maximum atomic E-state index is 13.4. The van der Waals surface area contributed by atoms with Crippen LogP contribution in [0.3, 0.4) is 0 Å². The molecule has 0 fully saturated rings. The molecule has 0 amide bonds. The highest BCUT2D eigenvalue weighted by atomic mass is 19.1. The monoisotopic (exact) mass is 242 g/mol. The van der Waals surface area contributed by atoms with Crippen LogP contribution < -0.4 is 0 Å². The number of hydrogen-bond donors (Lipinski definition) is 1. The van der Waals surface area contributed by atoms with Gasteiger partial charge in [-0.1, -0.05) is 18.2 Å². The molecule has 1 aromatic rings. The highest BCUT2D eigenvalue weighted by Gasteiger charge is 2.21. The van der Waals surface area contributed by atoms with Gasteiger partial charge in [-0.3, -0.25) is 0 Å². The molecule has 0 aromatic heterocycles. The second-order valence-corrected chi connectivity index (χ2v) is 3.64. The van der Waals surface area contributed by atoms with E-state index in [2.05, 4.69) is 0 Å². The number of aliphatic hydroxyl groups excluding tert-OH is 1. The van der Waals surface area contributed by atoms with Crippen LogP contribution in [0.4, 0.5) is 4.39 Å². The lowest BCUT2D eigenvalue weighted by Crippen LogP contribution is -2.33. The molecule has 0 heterocycles. The van der Waals surface area contributed by atoms with Crippen molar-refractivity contribution in [3.63, 3.8) is 0 Å². The summed E-state index contributed by atoms with van der Waals surface area (Å²) in [6.07, 6.45) is -1.39. The first-order valence-corrected chi connectivity index (χ1v) is 5.83. The second-order valence-electron chi connectivity index (χ2n) is 3.64. The zero-order valence-electron chi connectivity index (χ0n) is 10.2. The van der Waals surface area contributed by atoms with Gasteiger partial charge in [-0.05, 0) is 25.5 Å².